The largest absolute Gasteiger partial charge is 0.491 e. The first kappa shape index (κ1) is 14.0. The van der Waals surface area contributed by atoms with Crippen molar-refractivity contribution in [1.29, 1.82) is 0 Å². The molecule has 0 atom stereocenters. The smallest absolute Gasteiger partial charge is 0.127 e. The molecule has 0 heterocycles. The molecule has 1 N–H and O–H groups in total. The average molecular weight is 240 g/mol. The highest BCUT2D eigenvalue weighted by atomic mass is 16.5. The lowest BCUT2D eigenvalue weighted by molar-refractivity contribution is 0.0539. The van der Waals surface area contributed by atoms with Gasteiger partial charge in [-0.3, -0.25) is 0 Å². The van der Waals surface area contributed by atoms with E-state index in [9.17, 15) is 5.11 Å². The van der Waals surface area contributed by atoms with Crippen LogP contribution in [0.25, 0.3) is 0 Å². The molecular weight excluding hydrogens is 220 g/mol. The predicted molar refractivity (Wildman–Crippen MR) is 65.3 cm³/mol. The monoisotopic (exact) mass is 240 g/mol. The van der Waals surface area contributed by atoms with Gasteiger partial charge in [0.15, 0.2) is 0 Å². The highest BCUT2D eigenvalue weighted by molar-refractivity contribution is 5.40. The summed E-state index contributed by atoms with van der Waals surface area (Å²) in [7, 11) is 1.64. The zero-order valence-electron chi connectivity index (χ0n) is 10.4. The minimum absolute atomic E-state index is 0.0124. The van der Waals surface area contributed by atoms with E-state index in [1.807, 2.05) is 25.1 Å². The van der Waals surface area contributed by atoms with Gasteiger partial charge < -0.3 is 19.3 Å². The number of aryl methyl sites for hydroxylation is 1. The molecule has 0 radical (unpaired) electrons. The molecule has 17 heavy (non-hydrogen) atoms. The zero-order chi connectivity index (χ0) is 12.5. The lowest BCUT2D eigenvalue weighted by atomic mass is 10.1. The van der Waals surface area contributed by atoms with Crippen molar-refractivity contribution < 1.29 is 19.3 Å². The predicted octanol–water partition coefficient (Wildman–Crippen LogP) is 1.53. The van der Waals surface area contributed by atoms with Crippen LogP contribution in [0.1, 0.15) is 11.1 Å². The maximum absolute atomic E-state index is 9.19. The van der Waals surface area contributed by atoms with E-state index in [0.29, 0.717) is 26.4 Å². The van der Waals surface area contributed by atoms with Crippen molar-refractivity contribution in [3.05, 3.63) is 29.3 Å². The molecule has 0 saturated heterocycles. The van der Waals surface area contributed by atoms with Crippen molar-refractivity contribution in [2.24, 2.45) is 0 Å². The number of benzene rings is 1. The van der Waals surface area contributed by atoms with Gasteiger partial charge in [0, 0.05) is 12.7 Å². The number of rotatable bonds is 8. The van der Waals surface area contributed by atoms with Gasteiger partial charge in [-0.25, -0.2) is 0 Å². The molecule has 0 aliphatic rings. The maximum atomic E-state index is 9.19. The Bertz CT molecular complexity index is 325. The number of para-hydroxylation sites is 1. The molecule has 0 bridgehead atoms. The molecule has 0 saturated carbocycles. The van der Waals surface area contributed by atoms with Crippen LogP contribution in [0.3, 0.4) is 0 Å². The van der Waals surface area contributed by atoms with Gasteiger partial charge in [-0.1, -0.05) is 18.2 Å². The molecule has 0 fully saturated rings. The fourth-order valence-corrected chi connectivity index (χ4v) is 1.49. The van der Waals surface area contributed by atoms with Crippen LogP contribution in [0.2, 0.25) is 0 Å². The molecule has 0 unspecified atom stereocenters. The Morgan fingerprint density at radius 2 is 1.88 bits per heavy atom. The molecule has 1 aromatic rings. The molecule has 4 nitrogen and oxygen atoms in total. The molecule has 0 amide bonds. The summed E-state index contributed by atoms with van der Waals surface area (Å²) in [5.74, 6) is 0.755. The number of methoxy groups -OCH3 is 1. The Hall–Kier alpha value is -1.10. The summed E-state index contributed by atoms with van der Waals surface area (Å²) >= 11 is 0. The van der Waals surface area contributed by atoms with Gasteiger partial charge in [0.25, 0.3) is 0 Å². The first-order chi connectivity index (χ1) is 8.29. The molecule has 0 aliphatic carbocycles. The van der Waals surface area contributed by atoms with Gasteiger partial charge in [-0.05, 0) is 12.5 Å². The molecule has 96 valence electrons. The van der Waals surface area contributed by atoms with Crippen LogP contribution in [0.15, 0.2) is 18.2 Å². The van der Waals surface area contributed by atoms with Crippen molar-refractivity contribution in [2.75, 3.05) is 33.5 Å². The Balaban J connectivity index is 2.35. The number of aliphatic hydroxyl groups excluding tert-OH is 1. The van der Waals surface area contributed by atoms with Crippen LogP contribution in [0.4, 0.5) is 0 Å². The van der Waals surface area contributed by atoms with Gasteiger partial charge in [0.1, 0.15) is 12.4 Å². The van der Waals surface area contributed by atoms with Crippen molar-refractivity contribution in [3.8, 4) is 5.75 Å². The van der Waals surface area contributed by atoms with Crippen LogP contribution >= 0.6 is 0 Å². The van der Waals surface area contributed by atoms with E-state index in [4.69, 9.17) is 14.2 Å². The fourth-order valence-electron chi connectivity index (χ4n) is 1.49. The van der Waals surface area contributed by atoms with E-state index in [2.05, 4.69) is 0 Å². The van der Waals surface area contributed by atoms with E-state index in [1.165, 1.54) is 0 Å². The molecule has 0 aliphatic heterocycles. The number of hydrogen-bond acceptors (Lipinski definition) is 4. The molecule has 1 aromatic carbocycles. The molecule has 0 aromatic heterocycles. The lowest BCUT2D eigenvalue weighted by Crippen LogP contribution is -2.11. The fraction of sp³-hybridized carbons (Fsp3) is 0.538. The highest BCUT2D eigenvalue weighted by Gasteiger charge is 2.05. The summed E-state index contributed by atoms with van der Waals surface area (Å²) in [4.78, 5) is 0. The summed E-state index contributed by atoms with van der Waals surface area (Å²) in [6, 6.07) is 5.72. The van der Waals surface area contributed by atoms with Crippen molar-refractivity contribution in [1.82, 2.24) is 0 Å². The SMILES string of the molecule is COCCOCCOc1c(C)cccc1CO. The van der Waals surface area contributed by atoms with Gasteiger partial charge >= 0.3 is 0 Å². The van der Waals surface area contributed by atoms with Crippen molar-refractivity contribution in [2.45, 2.75) is 13.5 Å². The normalized spacial score (nSPS) is 10.5. The van der Waals surface area contributed by atoms with Gasteiger partial charge in [-0.2, -0.15) is 0 Å². The van der Waals surface area contributed by atoms with E-state index in [0.717, 1.165) is 16.9 Å². The zero-order valence-corrected chi connectivity index (χ0v) is 10.4. The van der Waals surface area contributed by atoms with Crippen LogP contribution in [0, 0.1) is 6.92 Å². The molecule has 1 rings (SSSR count). The van der Waals surface area contributed by atoms with Crippen LogP contribution < -0.4 is 4.74 Å². The second kappa shape index (κ2) is 8.06. The summed E-state index contributed by atoms with van der Waals surface area (Å²) in [6.07, 6.45) is 0. The molecule has 4 heteroatoms. The van der Waals surface area contributed by atoms with E-state index in [1.54, 1.807) is 7.11 Å². The Kier molecular flexibility index (Phi) is 6.62. The van der Waals surface area contributed by atoms with E-state index >= 15 is 0 Å². The second-order valence-electron chi connectivity index (χ2n) is 3.67. The Labute approximate surface area is 102 Å². The third-order valence-electron chi connectivity index (χ3n) is 2.37. The lowest BCUT2D eigenvalue weighted by Gasteiger charge is -2.12. The Morgan fingerprint density at radius 3 is 2.59 bits per heavy atom. The molecule has 0 spiro atoms. The topological polar surface area (TPSA) is 47.9 Å². The second-order valence-corrected chi connectivity index (χ2v) is 3.67. The first-order valence-electron chi connectivity index (χ1n) is 5.68. The first-order valence-corrected chi connectivity index (χ1v) is 5.68. The van der Waals surface area contributed by atoms with E-state index < -0.39 is 0 Å². The number of hydrogen-bond donors (Lipinski definition) is 1. The van der Waals surface area contributed by atoms with Gasteiger partial charge in [0.05, 0.1) is 26.4 Å². The van der Waals surface area contributed by atoms with Crippen molar-refractivity contribution >= 4 is 0 Å². The number of ether oxygens (including phenoxy) is 3. The van der Waals surface area contributed by atoms with Gasteiger partial charge in [0.2, 0.25) is 0 Å². The Morgan fingerprint density at radius 1 is 1.12 bits per heavy atom. The standard InChI is InChI=1S/C13H20O4/c1-11-4-3-5-12(10-14)13(11)17-9-8-16-7-6-15-2/h3-5,14H,6-10H2,1-2H3. The highest BCUT2D eigenvalue weighted by Crippen LogP contribution is 2.23. The van der Waals surface area contributed by atoms with Crippen LogP contribution in [-0.4, -0.2) is 38.6 Å². The maximum Gasteiger partial charge on any atom is 0.127 e. The summed E-state index contributed by atoms with van der Waals surface area (Å²) in [6.45, 7) is 4.10. The summed E-state index contributed by atoms with van der Waals surface area (Å²) < 4.78 is 15.8. The third kappa shape index (κ3) is 4.73. The molecular formula is C13H20O4. The van der Waals surface area contributed by atoms with Crippen LogP contribution in [-0.2, 0) is 16.1 Å². The quantitative estimate of drug-likeness (QED) is 0.700. The summed E-state index contributed by atoms with van der Waals surface area (Å²) in [5.41, 5.74) is 1.83. The summed E-state index contributed by atoms with van der Waals surface area (Å²) in [5, 5.41) is 9.19. The van der Waals surface area contributed by atoms with Crippen LogP contribution in [0.5, 0.6) is 5.75 Å². The minimum Gasteiger partial charge on any atom is -0.491 e. The van der Waals surface area contributed by atoms with E-state index in [-0.39, 0.29) is 6.61 Å². The third-order valence-corrected chi connectivity index (χ3v) is 2.37. The average Bonchev–Trinajstić information content (AvgIpc) is 2.35. The number of aliphatic hydroxyl groups is 1. The van der Waals surface area contributed by atoms with Gasteiger partial charge in [-0.15, -0.1) is 0 Å². The van der Waals surface area contributed by atoms with Crippen molar-refractivity contribution in [3.63, 3.8) is 0 Å². The minimum atomic E-state index is -0.0124.